The van der Waals surface area contributed by atoms with Crippen LogP contribution in [0.1, 0.15) is 6.92 Å². The van der Waals surface area contributed by atoms with Gasteiger partial charge in [-0.15, -0.1) is 6.58 Å². The van der Waals surface area contributed by atoms with Crippen LogP contribution in [0, 0.1) is 0 Å². The topological polar surface area (TPSA) is 29.1 Å². The van der Waals surface area contributed by atoms with Gasteiger partial charge in [-0.2, -0.15) is 0 Å². The van der Waals surface area contributed by atoms with Crippen molar-refractivity contribution < 1.29 is 4.79 Å². The molecule has 1 N–H and O–H groups in total. The summed E-state index contributed by atoms with van der Waals surface area (Å²) in [5.41, 5.74) is 0. The standard InChI is InChI=1S/C6H8Cl3NO/c1-3-4(2)10-5(11)6(7,8)9/h3-4H,1H2,2H3,(H,10,11). The first-order chi connectivity index (χ1) is 4.88. The Balaban J connectivity index is 3.98. The first-order valence-corrected chi connectivity index (χ1v) is 4.01. The number of halogens is 3. The van der Waals surface area contributed by atoms with E-state index in [9.17, 15) is 4.79 Å². The third kappa shape index (κ3) is 4.51. The molecule has 0 bridgehead atoms. The molecule has 0 aliphatic heterocycles. The van der Waals surface area contributed by atoms with Gasteiger partial charge in [0, 0.05) is 6.04 Å². The van der Waals surface area contributed by atoms with Crippen molar-refractivity contribution in [1.82, 2.24) is 5.32 Å². The second-order valence-corrected chi connectivity index (χ2v) is 4.28. The Hall–Kier alpha value is 0.0800. The minimum atomic E-state index is -1.89. The van der Waals surface area contributed by atoms with E-state index in [4.69, 9.17) is 34.8 Å². The highest BCUT2D eigenvalue weighted by Gasteiger charge is 2.30. The smallest absolute Gasteiger partial charge is 0.272 e. The molecule has 0 rings (SSSR count). The lowest BCUT2D eigenvalue weighted by atomic mass is 10.3. The number of hydrogen-bond donors (Lipinski definition) is 1. The molecule has 1 atom stereocenters. The van der Waals surface area contributed by atoms with E-state index in [1.165, 1.54) is 6.08 Å². The quantitative estimate of drug-likeness (QED) is 0.555. The lowest BCUT2D eigenvalue weighted by Gasteiger charge is -2.13. The van der Waals surface area contributed by atoms with Gasteiger partial charge < -0.3 is 5.32 Å². The van der Waals surface area contributed by atoms with Crippen molar-refractivity contribution in [2.45, 2.75) is 16.8 Å². The maximum absolute atomic E-state index is 10.9. The summed E-state index contributed by atoms with van der Waals surface area (Å²) in [5, 5.41) is 2.42. The van der Waals surface area contributed by atoms with E-state index in [0.717, 1.165) is 0 Å². The maximum atomic E-state index is 10.9. The predicted molar refractivity (Wildman–Crippen MR) is 48.1 cm³/mol. The molecule has 0 aliphatic rings. The first kappa shape index (κ1) is 11.1. The lowest BCUT2D eigenvalue weighted by Crippen LogP contribution is -2.39. The van der Waals surface area contributed by atoms with Gasteiger partial charge in [0.15, 0.2) is 0 Å². The second kappa shape index (κ2) is 4.19. The molecule has 64 valence electrons. The zero-order valence-electron chi connectivity index (χ0n) is 5.90. The molecule has 5 heteroatoms. The second-order valence-electron chi connectivity index (χ2n) is 2.00. The molecule has 0 spiro atoms. The van der Waals surface area contributed by atoms with E-state index in [2.05, 4.69) is 11.9 Å². The van der Waals surface area contributed by atoms with Gasteiger partial charge in [0.25, 0.3) is 9.70 Å². The van der Waals surface area contributed by atoms with E-state index >= 15 is 0 Å². The van der Waals surface area contributed by atoms with Crippen molar-refractivity contribution in [2.75, 3.05) is 0 Å². The molecule has 0 saturated heterocycles. The molecule has 0 aromatic rings. The van der Waals surface area contributed by atoms with Crippen molar-refractivity contribution >= 4 is 40.7 Å². The zero-order valence-corrected chi connectivity index (χ0v) is 8.17. The van der Waals surface area contributed by atoms with Gasteiger partial charge in [-0.05, 0) is 6.92 Å². The van der Waals surface area contributed by atoms with Crippen molar-refractivity contribution in [2.24, 2.45) is 0 Å². The molecular formula is C6H8Cl3NO. The lowest BCUT2D eigenvalue weighted by molar-refractivity contribution is -0.120. The minimum absolute atomic E-state index is 0.196. The molecule has 0 aliphatic carbocycles. The Morgan fingerprint density at radius 2 is 2.09 bits per heavy atom. The van der Waals surface area contributed by atoms with Crippen LogP contribution < -0.4 is 5.32 Å². The van der Waals surface area contributed by atoms with Crippen molar-refractivity contribution in [3.63, 3.8) is 0 Å². The number of rotatable bonds is 2. The Bertz CT molecular complexity index is 164. The van der Waals surface area contributed by atoms with Crippen LogP contribution in [0.5, 0.6) is 0 Å². The number of carbonyl (C=O) groups excluding carboxylic acids is 1. The fraction of sp³-hybridized carbons (Fsp3) is 0.500. The van der Waals surface area contributed by atoms with Gasteiger partial charge >= 0.3 is 0 Å². The largest absolute Gasteiger partial charge is 0.346 e. The van der Waals surface area contributed by atoms with Gasteiger partial charge in [0.1, 0.15) is 0 Å². The molecule has 1 amide bonds. The van der Waals surface area contributed by atoms with E-state index in [1.54, 1.807) is 6.92 Å². The summed E-state index contributed by atoms with van der Waals surface area (Å²) in [6, 6.07) is -0.196. The predicted octanol–water partition coefficient (Wildman–Crippen LogP) is 2.05. The van der Waals surface area contributed by atoms with Gasteiger partial charge in [0.05, 0.1) is 0 Å². The van der Waals surface area contributed by atoms with Crippen LogP contribution in [0.3, 0.4) is 0 Å². The van der Waals surface area contributed by atoms with Crippen LogP contribution in [-0.2, 0) is 4.79 Å². The van der Waals surface area contributed by atoms with Crippen molar-refractivity contribution in [1.29, 1.82) is 0 Å². The number of alkyl halides is 3. The minimum Gasteiger partial charge on any atom is -0.346 e. The van der Waals surface area contributed by atoms with E-state index in [1.807, 2.05) is 0 Å². The van der Waals surface area contributed by atoms with Crippen LogP contribution in [0.15, 0.2) is 12.7 Å². The molecule has 0 fully saturated rings. The highest BCUT2D eigenvalue weighted by Crippen LogP contribution is 2.25. The van der Waals surface area contributed by atoms with Crippen molar-refractivity contribution in [3.05, 3.63) is 12.7 Å². The average molecular weight is 216 g/mol. The van der Waals surface area contributed by atoms with Crippen LogP contribution in [0.25, 0.3) is 0 Å². The average Bonchev–Trinajstić information content (AvgIpc) is 1.85. The van der Waals surface area contributed by atoms with Gasteiger partial charge in [-0.1, -0.05) is 40.9 Å². The van der Waals surface area contributed by atoms with Crippen LogP contribution in [-0.4, -0.2) is 15.7 Å². The number of hydrogen-bond acceptors (Lipinski definition) is 1. The summed E-state index contributed by atoms with van der Waals surface area (Å²) in [6.45, 7) is 5.18. The molecule has 0 heterocycles. The SMILES string of the molecule is C=CC(C)NC(=O)C(Cl)(Cl)Cl. The molecule has 0 aromatic heterocycles. The van der Waals surface area contributed by atoms with E-state index in [-0.39, 0.29) is 6.04 Å². The monoisotopic (exact) mass is 215 g/mol. The third-order valence-electron chi connectivity index (χ3n) is 0.970. The summed E-state index contributed by atoms with van der Waals surface area (Å²) in [7, 11) is 0. The molecule has 0 saturated carbocycles. The van der Waals surface area contributed by atoms with Gasteiger partial charge in [0.2, 0.25) is 0 Å². The normalized spacial score (nSPS) is 13.8. The molecule has 1 unspecified atom stereocenters. The van der Waals surface area contributed by atoms with E-state index in [0.29, 0.717) is 0 Å². The Labute approximate surface area is 80.5 Å². The van der Waals surface area contributed by atoms with Gasteiger partial charge in [-0.25, -0.2) is 0 Å². The molecule has 2 nitrogen and oxygen atoms in total. The third-order valence-corrected chi connectivity index (χ3v) is 1.48. The van der Waals surface area contributed by atoms with Crippen LogP contribution in [0.2, 0.25) is 0 Å². The van der Waals surface area contributed by atoms with Crippen LogP contribution in [0.4, 0.5) is 0 Å². The molecule has 0 aromatic carbocycles. The maximum Gasteiger partial charge on any atom is 0.272 e. The van der Waals surface area contributed by atoms with Crippen molar-refractivity contribution in [3.8, 4) is 0 Å². The highest BCUT2D eigenvalue weighted by atomic mass is 35.6. The summed E-state index contributed by atoms with van der Waals surface area (Å²) >= 11 is 15.8. The number of carbonyl (C=O) groups is 1. The number of nitrogens with one attached hydrogen (secondary N) is 1. The summed E-state index contributed by atoms with van der Waals surface area (Å²) in [5.74, 6) is -0.644. The van der Waals surface area contributed by atoms with Gasteiger partial charge in [-0.3, -0.25) is 4.79 Å². The summed E-state index contributed by atoms with van der Waals surface area (Å²) in [6.07, 6.45) is 1.54. The molecule has 0 radical (unpaired) electrons. The fourth-order valence-electron chi connectivity index (χ4n) is 0.348. The Morgan fingerprint density at radius 1 is 1.64 bits per heavy atom. The number of amides is 1. The van der Waals surface area contributed by atoms with E-state index < -0.39 is 9.70 Å². The molecular weight excluding hydrogens is 208 g/mol. The summed E-state index contributed by atoms with van der Waals surface area (Å²) < 4.78 is -1.89. The zero-order chi connectivity index (χ0) is 9.07. The summed E-state index contributed by atoms with van der Waals surface area (Å²) in [4.78, 5) is 10.9. The Kier molecular flexibility index (Phi) is 4.22. The first-order valence-electron chi connectivity index (χ1n) is 2.88. The highest BCUT2D eigenvalue weighted by molar-refractivity contribution is 6.76. The Morgan fingerprint density at radius 3 is 2.36 bits per heavy atom. The van der Waals surface area contributed by atoms with Crippen LogP contribution >= 0.6 is 34.8 Å². The fourth-order valence-corrected chi connectivity index (χ4v) is 0.511. The molecule has 11 heavy (non-hydrogen) atoms.